The number of rotatable bonds is 4. The van der Waals surface area contributed by atoms with Crippen LogP contribution < -0.4 is 5.73 Å². The van der Waals surface area contributed by atoms with Crippen molar-refractivity contribution >= 4 is 11.6 Å². The van der Waals surface area contributed by atoms with Gasteiger partial charge in [0.2, 0.25) is 5.91 Å². The van der Waals surface area contributed by atoms with Gasteiger partial charge in [-0.15, -0.1) is 0 Å². The zero-order valence-electron chi connectivity index (χ0n) is 8.14. The van der Waals surface area contributed by atoms with E-state index in [0.717, 1.165) is 5.71 Å². The Hall–Kier alpha value is -1.14. The Morgan fingerprint density at radius 1 is 1.86 bits per heavy atom. The van der Waals surface area contributed by atoms with Crippen LogP contribution in [0.1, 0.15) is 6.42 Å². The first-order valence-electron chi connectivity index (χ1n) is 4.42. The predicted octanol–water partition coefficient (Wildman–Crippen LogP) is -1.46. The maximum Gasteiger partial charge on any atom is 0.235 e. The zero-order chi connectivity index (χ0) is 10.6. The maximum atomic E-state index is 11.0. The van der Waals surface area contributed by atoms with E-state index in [4.69, 9.17) is 10.8 Å². The lowest BCUT2D eigenvalue weighted by Crippen LogP contribution is -2.41. The number of nitrogens with zero attached hydrogens (tertiary/aromatic N) is 2. The molecule has 1 saturated heterocycles. The number of carbonyl (C=O) groups excluding carboxylic acids is 1. The van der Waals surface area contributed by atoms with E-state index in [1.165, 1.54) is 7.11 Å². The van der Waals surface area contributed by atoms with Crippen molar-refractivity contribution in [3.63, 3.8) is 0 Å². The highest BCUT2D eigenvalue weighted by Gasteiger charge is 2.32. The SMILES string of the molecule is CO/N=C1\CC(C(N)=O)N(CCO)C1. The van der Waals surface area contributed by atoms with Gasteiger partial charge in [0.05, 0.1) is 18.4 Å². The van der Waals surface area contributed by atoms with E-state index in [1.54, 1.807) is 4.90 Å². The lowest BCUT2D eigenvalue weighted by molar-refractivity contribution is -0.122. The predicted molar refractivity (Wildman–Crippen MR) is 50.7 cm³/mol. The third-order valence-corrected chi connectivity index (χ3v) is 2.19. The molecule has 6 nitrogen and oxygen atoms in total. The summed E-state index contributed by atoms with van der Waals surface area (Å²) < 4.78 is 0. The minimum absolute atomic E-state index is 0.00401. The minimum atomic E-state index is -0.389. The summed E-state index contributed by atoms with van der Waals surface area (Å²) in [4.78, 5) is 17.5. The molecule has 0 aromatic heterocycles. The molecular formula is C8H15N3O3. The molecule has 1 heterocycles. The van der Waals surface area contributed by atoms with Crippen molar-refractivity contribution in [1.82, 2.24) is 4.90 Å². The standard InChI is InChI=1S/C8H15N3O3/c1-14-10-6-4-7(8(9)13)11(5-6)2-3-12/h7,12H,2-5H2,1H3,(H2,9,13)/b10-6+. The molecule has 0 spiro atoms. The number of β-amino-alcohol motifs (C(OH)–C–C–N with tert-alkyl or cyclic N) is 1. The molecule has 1 fully saturated rings. The fourth-order valence-corrected chi connectivity index (χ4v) is 1.60. The van der Waals surface area contributed by atoms with Gasteiger partial charge in [-0.1, -0.05) is 5.16 Å². The maximum absolute atomic E-state index is 11.0. The fourth-order valence-electron chi connectivity index (χ4n) is 1.60. The number of amides is 1. The van der Waals surface area contributed by atoms with Crippen molar-refractivity contribution in [2.24, 2.45) is 10.9 Å². The molecule has 80 valence electrons. The van der Waals surface area contributed by atoms with Crippen LogP contribution in [0.3, 0.4) is 0 Å². The van der Waals surface area contributed by atoms with Gasteiger partial charge in [0.1, 0.15) is 7.11 Å². The Morgan fingerprint density at radius 2 is 2.57 bits per heavy atom. The van der Waals surface area contributed by atoms with E-state index in [1.807, 2.05) is 0 Å². The van der Waals surface area contributed by atoms with E-state index < -0.39 is 0 Å². The number of nitrogens with two attached hydrogens (primary N) is 1. The third kappa shape index (κ3) is 2.43. The number of carbonyl (C=O) groups is 1. The monoisotopic (exact) mass is 201 g/mol. The van der Waals surface area contributed by atoms with Gasteiger partial charge in [0.15, 0.2) is 0 Å². The van der Waals surface area contributed by atoms with E-state index in [2.05, 4.69) is 9.99 Å². The second kappa shape index (κ2) is 4.92. The molecule has 1 unspecified atom stereocenters. The fraction of sp³-hybridized carbons (Fsp3) is 0.750. The number of primary amides is 1. The van der Waals surface area contributed by atoms with Gasteiger partial charge in [0, 0.05) is 19.5 Å². The van der Waals surface area contributed by atoms with Gasteiger partial charge >= 0.3 is 0 Å². The number of hydrogen-bond acceptors (Lipinski definition) is 5. The van der Waals surface area contributed by atoms with Gasteiger partial charge in [-0.2, -0.15) is 0 Å². The van der Waals surface area contributed by atoms with Gasteiger partial charge < -0.3 is 15.7 Å². The molecule has 1 rings (SSSR count). The molecule has 6 heteroatoms. The van der Waals surface area contributed by atoms with Crippen LogP contribution in [0.15, 0.2) is 5.16 Å². The Labute approximate surface area is 82.3 Å². The van der Waals surface area contributed by atoms with Crippen LogP contribution in [0.4, 0.5) is 0 Å². The summed E-state index contributed by atoms with van der Waals surface area (Å²) in [6, 6.07) is -0.365. The molecule has 0 bridgehead atoms. The van der Waals surface area contributed by atoms with Crippen LogP contribution in [0.5, 0.6) is 0 Å². The van der Waals surface area contributed by atoms with Gasteiger partial charge in [-0.25, -0.2) is 0 Å². The normalized spacial score (nSPS) is 25.6. The summed E-state index contributed by atoms with van der Waals surface area (Å²) >= 11 is 0. The van der Waals surface area contributed by atoms with E-state index in [-0.39, 0.29) is 18.6 Å². The van der Waals surface area contributed by atoms with E-state index >= 15 is 0 Å². The van der Waals surface area contributed by atoms with Crippen LogP contribution in [-0.4, -0.2) is 54.5 Å². The van der Waals surface area contributed by atoms with Crippen molar-refractivity contribution in [2.45, 2.75) is 12.5 Å². The summed E-state index contributed by atoms with van der Waals surface area (Å²) in [6.45, 7) is 0.961. The number of aliphatic hydroxyl groups is 1. The summed E-state index contributed by atoms with van der Waals surface area (Å²) in [5, 5.41) is 12.6. The highest BCUT2D eigenvalue weighted by Crippen LogP contribution is 2.14. The van der Waals surface area contributed by atoms with E-state index in [0.29, 0.717) is 19.5 Å². The second-order valence-electron chi connectivity index (χ2n) is 3.16. The molecule has 1 aliphatic rings. The Kier molecular flexibility index (Phi) is 3.84. The first kappa shape index (κ1) is 10.9. The first-order chi connectivity index (χ1) is 6.69. The largest absolute Gasteiger partial charge is 0.399 e. The molecule has 0 radical (unpaired) electrons. The summed E-state index contributed by atoms with van der Waals surface area (Å²) in [7, 11) is 1.46. The molecule has 0 aromatic rings. The van der Waals surface area contributed by atoms with E-state index in [9.17, 15) is 4.79 Å². The highest BCUT2D eigenvalue weighted by molar-refractivity contribution is 5.95. The molecule has 1 aliphatic heterocycles. The molecule has 0 saturated carbocycles. The summed E-state index contributed by atoms with van der Waals surface area (Å²) in [5.41, 5.74) is 6.00. The van der Waals surface area contributed by atoms with Crippen LogP contribution >= 0.6 is 0 Å². The van der Waals surface area contributed by atoms with Crippen molar-refractivity contribution < 1.29 is 14.7 Å². The van der Waals surface area contributed by atoms with Crippen LogP contribution in [-0.2, 0) is 9.63 Å². The van der Waals surface area contributed by atoms with Crippen LogP contribution in [0, 0.1) is 0 Å². The van der Waals surface area contributed by atoms with Crippen molar-refractivity contribution in [1.29, 1.82) is 0 Å². The zero-order valence-corrected chi connectivity index (χ0v) is 8.14. The quantitative estimate of drug-likeness (QED) is 0.544. The molecule has 0 aliphatic carbocycles. The van der Waals surface area contributed by atoms with Gasteiger partial charge in [0.25, 0.3) is 0 Å². The number of oxime groups is 1. The van der Waals surface area contributed by atoms with Crippen molar-refractivity contribution in [2.75, 3.05) is 26.8 Å². The van der Waals surface area contributed by atoms with Gasteiger partial charge in [-0.3, -0.25) is 9.69 Å². The Morgan fingerprint density at radius 3 is 3.07 bits per heavy atom. The lowest BCUT2D eigenvalue weighted by atomic mass is 10.2. The molecule has 1 amide bonds. The summed E-state index contributed by atoms with van der Waals surface area (Å²) in [5.74, 6) is -0.389. The van der Waals surface area contributed by atoms with Gasteiger partial charge in [-0.05, 0) is 0 Å². The average molecular weight is 201 g/mol. The highest BCUT2D eigenvalue weighted by atomic mass is 16.6. The van der Waals surface area contributed by atoms with Crippen molar-refractivity contribution in [3.05, 3.63) is 0 Å². The number of likely N-dealkylation sites (tertiary alicyclic amines) is 1. The second-order valence-corrected chi connectivity index (χ2v) is 3.16. The lowest BCUT2D eigenvalue weighted by Gasteiger charge is -2.19. The first-order valence-corrected chi connectivity index (χ1v) is 4.42. The average Bonchev–Trinajstić information content (AvgIpc) is 2.49. The smallest absolute Gasteiger partial charge is 0.235 e. The number of hydrogen-bond donors (Lipinski definition) is 2. The number of aliphatic hydroxyl groups excluding tert-OH is 1. The topological polar surface area (TPSA) is 88.2 Å². The molecule has 14 heavy (non-hydrogen) atoms. The van der Waals surface area contributed by atoms with Crippen LogP contribution in [0.25, 0.3) is 0 Å². The minimum Gasteiger partial charge on any atom is -0.399 e. The third-order valence-electron chi connectivity index (χ3n) is 2.19. The molecule has 1 atom stereocenters. The summed E-state index contributed by atoms with van der Waals surface area (Å²) in [6.07, 6.45) is 0.489. The Balaban J connectivity index is 2.64. The molecule has 0 aromatic carbocycles. The van der Waals surface area contributed by atoms with Crippen molar-refractivity contribution in [3.8, 4) is 0 Å². The van der Waals surface area contributed by atoms with Crippen LogP contribution in [0.2, 0.25) is 0 Å². The molecular weight excluding hydrogens is 186 g/mol. The molecule has 3 N–H and O–H groups in total. The Bertz CT molecular complexity index is 242.